The van der Waals surface area contributed by atoms with E-state index in [1.807, 2.05) is 84.9 Å². The molecule has 0 atom stereocenters. The van der Waals surface area contributed by atoms with E-state index in [0.29, 0.717) is 5.02 Å². The van der Waals surface area contributed by atoms with Crippen molar-refractivity contribution in [3.63, 3.8) is 0 Å². The molecule has 0 spiro atoms. The Kier molecular flexibility index (Phi) is 6.15. The van der Waals surface area contributed by atoms with Crippen LogP contribution in [0.25, 0.3) is 27.8 Å². The lowest BCUT2D eigenvalue weighted by Crippen LogP contribution is -1.87. The second-order valence-electron chi connectivity index (χ2n) is 6.23. The van der Waals surface area contributed by atoms with Gasteiger partial charge >= 0.3 is 0 Å². The van der Waals surface area contributed by atoms with Gasteiger partial charge in [0.15, 0.2) is 0 Å². The van der Waals surface area contributed by atoms with Crippen molar-refractivity contribution >= 4 is 40.4 Å². The van der Waals surface area contributed by atoms with Crippen molar-refractivity contribution in [2.75, 3.05) is 5.43 Å². The summed E-state index contributed by atoms with van der Waals surface area (Å²) in [5, 5.41) is 5.72. The molecule has 0 saturated heterocycles. The zero-order chi connectivity index (χ0) is 19.9. The first-order valence-electron chi connectivity index (χ1n) is 9.12. The molecular formula is C24H18ClN3S. The number of thiazole rings is 1. The molecule has 0 amide bonds. The Hall–Kier alpha value is -3.21. The Morgan fingerprint density at radius 3 is 2.24 bits per heavy atom. The zero-order valence-corrected chi connectivity index (χ0v) is 17.1. The fourth-order valence-corrected chi connectivity index (χ4v) is 3.88. The van der Waals surface area contributed by atoms with E-state index in [9.17, 15) is 0 Å². The second kappa shape index (κ2) is 9.32. The number of allylic oxidation sites excluding steroid dienone is 1. The number of hydrogen-bond acceptors (Lipinski definition) is 4. The maximum absolute atomic E-state index is 6.05. The van der Waals surface area contributed by atoms with Gasteiger partial charge in [-0.15, -0.1) is 0 Å². The van der Waals surface area contributed by atoms with Crippen LogP contribution in [0.2, 0.25) is 5.02 Å². The monoisotopic (exact) mass is 415 g/mol. The predicted octanol–water partition coefficient (Wildman–Crippen LogP) is 7.24. The molecule has 1 N–H and O–H groups in total. The first kappa shape index (κ1) is 19.1. The third kappa shape index (κ3) is 4.99. The zero-order valence-electron chi connectivity index (χ0n) is 15.5. The number of rotatable bonds is 6. The number of hydrogen-bond donors (Lipinski definition) is 1. The highest BCUT2D eigenvalue weighted by Crippen LogP contribution is 2.39. The van der Waals surface area contributed by atoms with Crippen molar-refractivity contribution in [3.05, 3.63) is 102 Å². The molecule has 5 heteroatoms. The van der Waals surface area contributed by atoms with E-state index in [0.717, 1.165) is 32.4 Å². The Labute approximate surface area is 179 Å². The molecule has 0 unspecified atom stereocenters. The third-order valence-electron chi connectivity index (χ3n) is 4.19. The van der Waals surface area contributed by atoms with E-state index in [2.05, 4.69) is 22.7 Å². The molecule has 29 heavy (non-hydrogen) atoms. The summed E-state index contributed by atoms with van der Waals surface area (Å²) in [6.45, 7) is 0. The molecule has 0 aliphatic heterocycles. The first-order valence-corrected chi connectivity index (χ1v) is 10.3. The molecule has 0 aliphatic carbocycles. The molecule has 0 fully saturated rings. The van der Waals surface area contributed by atoms with Crippen LogP contribution in [0.1, 0.15) is 5.56 Å². The van der Waals surface area contributed by atoms with Crippen molar-refractivity contribution < 1.29 is 0 Å². The molecule has 1 heterocycles. The van der Waals surface area contributed by atoms with Gasteiger partial charge in [-0.25, -0.2) is 4.98 Å². The van der Waals surface area contributed by atoms with E-state index in [4.69, 9.17) is 16.6 Å². The minimum atomic E-state index is 0.707. The van der Waals surface area contributed by atoms with Crippen LogP contribution in [0.4, 0.5) is 5.13 Å². The normalized spacial score (nSPS) is 11.3. The summed E-state index contributed by atoms with van der Waals surface area (Å²) in [5.74, 6) is 0. The number of aromatic nitrogens is 1. The Morgan fingerprint density at radius 2 is 1.52 bits per heavy atom. The molecule has 0 saturated carbocycles. The fourth-order valence-electron chi connectivity index (χ4n) is 2.81. The Morgan fingerprint density at radius 1 is 0.828 bits per heavy atom. The van der Waals surface area contributed by atoms with Gasteiger partial charge in [-0.05, 0) is 29.3 Å². The lowest BCUT2D eigenvalue weighted by Gasteiger charge is -2.02. The van der Waals surface area contributed by atoms with E-state index in [1.165, 1.54) is 0 Å². The average Bonchev–Trinajstić information content (AvgIpc) is 3.20. The highest BCUT2D eigenvalue weighted by atomic mass is 35.5. The van der Waals surface area contributed by atoms with Gasteiger partial charge in [-0.3, -0.25) is 5.43 Å². The third-order valence-corrected chi connectivity index (χ3v) is 5.45. The number of nitrogens with zero attached hydrogens (tertiary/aromatic N) is 2. The van der Waals surface area contributed by atoms with Crippen LogP contribution in [0.3, 0.4) is 0 Å². The van der Waals surface area contributed by atoms with E-state index in [1.54, 1.807) is 17.6 Å². The standard InChI is InChI=1S/C24H18ClN3S/c25-21-15-13-19(14-16-21)22-23(20-11-5-2-6-12-20)29-24(27-22)28-26-17-7-10-18-8-3-1-4-9-18/h1-17H,(H,27,28)/b10-7+,26-17-. The number of hydrazone groups is 1. The van der Waals surface area contributed by atoms with Gasteiger partial charge in [0, 0.05) is 16.8 Å². The fraction of sp³-hybridized carbons (Fsp3) is 0. The van der Waals surface area contributed by atoms with Gasteiger partial charge < -0.3 is 0 Å². The predicted molar refractivity (Wildman–Crippen MR) is 126 cm³/mol. The lowest BCUT2D eigenvalue weighted by atomic mass is 10.1. The van der Waals surface area contributed by atoms with Crippen LogP contribution in [0.15, 0.2) is 96.1 Å². The van der Waals surface area contributed by atoms with Crippen LogP contribution >= 0.6 is 22.9 Å². The molecule has 4 rings (SSSR count). The van der Waals surface area contributed by atoms with Crippen LogP contribution < -0.4 is 5.43 Å². The van der Waals surface area contributed by atoms with Crippen molar-refractivity contribution in [2.24, 2.45) is 5.10 Å². The number of halogens is 1. The van der Waals surface area contributed by atoms with Crippen LogP contribution in [-0.2, 0) is 0 Å². The largest absolute Gasteiger partial charge is 0.253 e. The van der Waals surface area contributed by atoms with Crippen molar-refractivity contribution in [1.29, 1.82) is 0 Å². The molecular weight excluding hydrogens is 398 g/mol. The summed E-state index contributed by atoms with van der Waals surface area (Å²) in [6, 6.07) is 28.1. The van der Waals surface area contributed by atoms with Crippen LogP contribution in [-0.4, -0.2) is 11.2 Å². The van der Waals surface area contributed by atoms with Crippen molar-refractivity contribution in [3.8, 4) is 21.7 Å². The summed E-state index contributed by atoms with van der Waals surface area (Å²) < 4.78 is 0. The minimum Gasteiger partial charge on any atom is -0.253 e. The molecule has 1 aromatic heterocycles. The van der Waals surface area contributed by atoms with E-state index < -0.39 is 0 Å². The summed E-state index contributed by atoms with van der Waals surface area (Å²) in [4.78, 5) is 5.86. The highest BCUT2D eigenvalue weighted by Gasteiger charge is 2.14. The average molecular weight is 416 g/mol. The van der Waals surface area contributed by atoms with Crippen molar-refractivity contribution in [2.45, 2.75) is 0 Å². The van der Waals surface area contributed by atoms with E-state index in [-0.39, 0.29) is 0 Å². The quantitative estimate of drug-likeness (QED) is 0.266. The SMILES string of the molecule is Clc1ccc(-c2nc(N/N=C\C=C\c3ccccc3)sc2-c2ccccc2)cc1. The maximum Gasteiger partial charge on any atom is 0.204 e. The number of anilines is 1. The molecule has 142 valence electrons. The Balaban J connectivity index is 1.57. The van der Waals surface area contributed by atoms with Gasteiger partial charge in [0.05, 0.1) is 10.6 Å². The summed E-state index contributed by atoms with van der Waals surface area (Å²) in [5.41, 5.74) is 7.22. The molecule has 0 aliphatic rings. The molecule has 0 bridgehead atoms. The summed E-state index contributed by atoms with van der Waals surface area (Å²) >= 11 is 7.62. The molecule has 3 aromatic carbocycles. The number of benzene rings is 3. The highest BCUT2D eigenvalue weighted by molar-refractivity contribution is 7.19. The topological polar surface area (TPSA) is 37.3 Å². The summed E-state index contributed by atoms with van der Waals surface area (Å²) in [6.07, 6.45) is 5.62. The van der Waals surface area contributed by atoms with E-state index >= 15 is 0 Å². The maximum atomic E-state index is 6.05. The van der Waals surface area contributed by atoms with Gasteiger partial charge in [0.1, 0.15) is 0 Å². The summed E-state index contributed by atoms with van der Waals surface area (Å²) in [7, 11) is 0. The van der Waals surface area contributed by atoms with Crippen LogP contribution in [0, 0.1) is 0 Å². The minimum absolute atomic E-state index is 0.707. The molecule has 3 nitrogen and oxygen atoms in total. The molecule has 4 aromatic rings. The smallest absolute Gasteiger partial charge is 0.204 e. The van der Waals surface area contributed by atoms with Gasteiger partial charge in [0.25, 0.3) is 0 Å². The van der Waals surface area contributed by atoms with Gasteiger partial charge in [-0.1, -0.05) is 102 Å². The number of nitrogens with one attached hydrogen (secondary N) is 1. The van der Waals surface area contributed by atoms with Crippen LogP contribution in [0.5, 0.6) is 0 Å². The lowest BCUT2D eigenvalue weighted by molar-refractivity contribution is 1.29. The van der Waals surface area contributed by atoms with Gasteiger partial charge in [-0.2, -0.15) is 5.10 Å². The Bertz CT molecular complexity index is 1120. The molecule has 0 radical (unpaired) electrons. The van der Waals surface area contributed by atoms with Gasteiger partial charge in [0.2, 0.25) is 5.13 Å². The van der Waals surface area contributed by atoms with Crippen molar-refractivity contribution in [1.82, 2.24) is 4.98 Å². The second-order valence-corrected chi connectivity index (χ2v) is 7.66. The first-order chi connectivity index (χ1) is 14.3.